The lowest BCUT2D eigenvalue weighted by molar-refractivity contribution is 0.0697. The number of carboxylic acid groups (broad SMARTS) is 1. The van der Waals surface area contributed by atoms with Crippen LogP contribution in [-0.2, 0) is 0 Å². The van der Waals surface area contributed by atoms with Gasteiger partial charge in [-0.25, -0.2) is 4.79 Å². The van der Waals surface area contributed by atoms with Crippen LogP contribution in [0.15, 0.2) is 48.6 Å². The number of aryl methyl sites for hydroxylation is 1. The van der Waals surface area contributed by atoms with Gasteiger partial charge in [0.05, 0.1) is 11.6 Å². The highest BCUT2D eigenvalue weighted by atomic mass is 35.5. The zero-order valence-corrected chi connectivity index (χ0v) is 14.0. The summed E-state index contributed by atoms with van der Waals surface area (Å²) in [7, 11) is 0. The van der Waals surface area contributed by atoms with Crippen LogP contribution in [0.25, 0.3) is 0 Å². The van der Waals surface area contributed by atoms with Crippen molar-refractivity contribution in [3.8, 4) is 0 Å². The fraction of sp³-hybridized carbons (Fsp3) is 0.250. The summed E-state index contributed by atoms with van der Waals surface area (Å²) >= 11 is 6.49. The molecule has 2 N–H and O–H groups in total. The molecule has 2 aromatic carbocycles. The number of nitrogens with one attached hydrogen (secondary N) is 1. The van der Waals surface area contributed by atoms with Gasteiger partial charge >= 0.3 is 5.97 Å². The monoisotopic (exact) mass is 339 g/mol. The Morgan fingerprint density at radius 2 is 1.96 bits per heavy atom. The van der Waals surface area contributed by atoms with E-state index in [2.05, 4.69) is 24.4 Å². The van der Waals surface area contributed by atoms with Crippen molar-refractivity contribution >= 4 is 23.3 Å². The van der Waals surface area contributed by atoms with Gasteiger partial charge < -0.3 is 10.4 Å². The molecule has 122 valence electrons. The normalized spacial score (nSPS) is 24.2. The molecule has 4 heteroatoms. The van der Waals surface area contributed by atoms with E-state index in [9.17, 15) is 4.79 Å². The summed E-state index contributed by atoms with van der Waals surface area (Å²) in [5.74, 6) is -0.197. The summed E-state index contributed by atoms with van der Waals surface area (Å²) < 4.78 is 0. The number of hydrogen-bond acceptors (Lipinski definition) is 2. The Labute approximate surface area is 146 Å². The van der Waals surface area contributed by atoms with Crippen molar-refractivity contribution in [1.82, 2.24) is 0 Å². The quantitative estimate of drug-likeness (QED) is 0.742. The molecule has 0 fully saturated rings. The van der Waals surface area contributed by atoms with E-state index in [0.717, 1.165) is 22.7 Å². The predicted octanol–water partition coefficient (Wildman–Crippen LogP) is 5.17. The number of carbonyl (C=O) groups is 1. The largest absolute Gasteiger partial charge is 0.478 e. The number of anilines is 1. The van der Waals surface area contributed by atoms with Gasteiger partial charge in [0.15, 0.2) is 0 Å². The molecule has 0 aromatic heterocycles. The van der Waals surface area contributed by atoms with Crippen molar-refractivity contribution < 1.29 is 9.90 Å². The molecule has 0 amide bonds. The number of carboxylic acids is 1. The summed E-state index contributed by atoms with van der Waals surface area (Å²) in [4.78, 5) is 11.1. The average molecular weight is 340 g/mol. The van der Waals surface area contributed by atoms with Crippen LogP contribution < -0.4 is 5.32 Å². The lowest BCUT2D eigenvalue weighted by Crippen LogP contribution is -2.29. The molecule has 4 rings (SSSR count). The molecule has 24 heavy (non-hydrogen) atoms. The third-order valence-electron chi connectivity index (χ3n) is 5.19. The molecule has 0 spiro atoms. The molecule has 1 aliphatic carbocycles. The van der Waals surface area contributed by atoms with Gasteiger partial charge in [0.1, 0.15) is 0 Å². The number of allylic oxidation sites excluding steroid dienone is 2. The Morgan fingerprint density at radius 1 is 1.21 bits per heavy atom. The topological polar surface area (TPSA) is 49.3 Å². The first-order valence-corrected chi connectivity index (χ1v) is 8.49. The summed E-state index contributed by atoms with van der Waals surface area (Å²) in [6.07, 6.45) is 5.48. The summed E-state index contributed by atoms with van der Waals surface area (Å²) in [6.45, 7) is 2.09. The maximum Gasteiger partial charge on any atom is 0.335 e. The number of benzene rings is 2. The number of hydrogen-bond donors (Lipinski definition) is 2. The first-order valence-electron chi connectivity index (χ1n) is 8.11. The summed E-state index contributed by atoms with van der Waals surface area (Å²) in [6, 6.07) is 11.4. The van der Waals surface area contributed by atoms with E-state index < -0.39 is 5.97 Å². The fourth-order valence-electron chi connectivity index (χ4n) is 3.97. The van der Waals surface area contributed by atoms with Crippen LogP contribution in [0.4, 0.5) is 5.69 Å². The number of fused-ring (bicyclic) bond motifs is 3. The van der Waals surface area contributed by atoms with Crippen LogP contribution >= 0.6 is 11.6 Å². The van der Waals surface area contributed by atoms with E-state index in [1.165, 1.54) is 11.1 Å². The number of rotatable bonds is 2. The van der Waals surface area contributed by atoms with E-state index in [1.54, 1.807) is 12.1 Å². The maximum absolute atomic E-state index is 11.1. The minimum Gasteiger partial charge on any atom is -0.478 e. The van der Waals surface area contributed by atoms with Crippen LogP contribution in [0.2, 0.25) is 5.02 Å². The van der Waals surface area contributed by atoms with Gasteiger partial charge in [0.2, 0.25) is 0 Å². The van der Waals surface area contributed by atoms with Crippen LogP contribution in [0.1, 0.15) is 45.4 Å². The highest BCUT2D eigenvalue weighted by Gasteiger charge is 2.39. The van der Waals surface area contributed by atoms with E-state index in [0.29, 0.717) is 17.4 Å². The molecular formula is C20H18ClNO2. The van der Waals surface area contributed by atoms with Crippen LogP contribution in [0.3, 0.4) is 0 Å². The van der Waals surface area contributed by atoms with E-state index in [4.69, 9.17) is 16.7 Å². The minimum atomic E-state index is -0.897. The van der Waals surface area contributed by atoms with E-state index in [-0.39, 0.29) is 6.04 Å². The average Bonchev–Trinajstić information content (AvgIpc) is 3.07. The third-order valence-corrected chi connectivity index (χ3v) is 5.52. The number of halogens is 1. The molecule has 1 heterocycles. The lowest BCUT2D eigenvalue weighted by Gasteiger charge is -2.38. The molecule has 0 saturated carbocycles. The predicted molar refractivity (Wildman–Crippen MR) is 95.9 cm³/mol. The van der Waals surface area contributed by atoms with Crippen molar-refractivity contribution in [1.29, 1.82) is 0 Å². The smallest absolute Gasteiger partial charge is 0.335 e. The second-order valence-electron chi connectivity index (χ2n) is 6.56. The zero-order valence-electron chi connectivity index (χ0n) is 13.3. The second kappa shape index (κ2) is 5.67. The first-order chi connectivity index (χ1) is 11.6. The second-order valence-corrected chi connectivity index (χ2v) is 6.96. The highest BCUT2D eigenvalue weighted by molar-refractivity contribution is 6.32. The molecule has 2 aliphatic rings. The van der Waals surface area contributed by atoms with Gasteiger partial charge in [-0.3, -0.25) is 0 Å². The van der Waals surface area contributed by atoms with Crippen molar-refractivity contribution in [2.24, 2.45) is 5.92 Å². The standard InChI is InChI=1S/C20H18ClNO2/c1-11-5-10-16(21)17-14-3-2-4-15(14)19(22-18(11)17)12-6-8-13(9-7-12)20(23)24/h2-3,5-10,14-15,19,22H,4H2,1H3,(H,23,24)/t14-,15-,19-/m1/s1. The van der Waals surface area contributed by atoms with Crippen molar-refractivity contribution in [2.75, 3.05) is 5.32 Å². The first kappa shape index (κ1) is 15.3. The minimum absolute atomic E-state index is 0.150. The van der Waals surface area contributed by atoms with Gasteiger partial charge in [-0.1, -0.05) is 42.0 Å². The van der Waals surface area contributed by atoms with Crippen LogP contribution in [-0.4, -0.2) is 11.1 Å². The zero-order chi connectivity index (χ0) is 16.8. The van der Waals surface area contributed by atoms with Crippen LogP contribution in [0, 0.1) is 12.8 Å². The SMILES string of the molecule is Cc1ccc(Cl)c2c1N[C@H](c1ccc(C(=O)O)cc1)[C@@H]1CC=C[C@@H]21. The Bertz CT molecular complexity index is 841. The van der Waals surface area contributed by atoms with Crippen molar-refractivity contribution in [3.05, 3.63) is 75.8 Å². The maximum atomic E-state index is 11.1. The third kappa shape index (κ3) is 2.31. The molecule has 0 saturated heterocycles. The molecular weight excluding hydrogens is 322 g/mol. The number of aromatic carboxylic acids is 1. The summed E-state index contributed by atoms with van der Waals surface area (Å²) in [5.41, 5.74) is 4.91. The molecule has 0 radical (unpaired) electrons. The van der Waals surface area contributed by atoms with E-state index >= 15 is 0 Å². The Balaban J connectivity index is 1.78. The Kier molecular flexibility index (Phi) is 3.61. The van der Waals surface area contributed by atoms with Gasteiger partial charge in [-0.2, -0.15) is 0 Å². The van der Waals surface area contributed by atoms with Crippen molar-refractivity contribution in [3.63, 3.8) is 0 Å². The Morgan fingerprint density at radius 3 is 2.67 bits per heavy atom. The van der Waals surface area contributed by atoms with Crippen LogP contribution in [0.5, 0.6) is 0 Å². The lowest BCUT2D eigenvalue weighted by atomic mass is 9.76. The molecule has 3 nitrogen and oxygen atoms in total. The van der Waals surface area contributed by atoms with Crippen molar-refractivity contribution in [2.45, 2.75) is 25.3 Å². The van der Waals surface area contributed by atoms with Gasteiger partial charge in [0, 0.05) is 22.2 Å². The molecule has 2 aromatic rings. The molecule has 1 aliphatic heterocycles. The highest BCUT2D eigenvalue weighted by Crippen LogP contribution is 2.52. The van der Waals surface area contributed by atoms with E-state index in [1.807, 2.05) is 24.3 Å². The fourth-order valence-corrected chi connectivity index (χ4v) is 4.26. The summed E-state index contributed by atoms with van der Waals surface area (Å²) in [5, 5.41) is 13.6. The van der Waals surface area contributed by atoms with Gasteiger partial charge in [0.25, 0.3) is 0 Å². The Hall–Kier alpha value is -2.26. The molecule has 3 atom stereocenters. The molecule has 0 bridgehead atoms. The van der Waals surface area contributed by atoms with Gasteiger partial charge in [-0.05, 0) is 48.6 Å². The molecule has 0 unspecified atom stereocenters. The van der Waals surface area contributed by atoms with Gasteiger partial charge in [-0.15, -0.1) is 0 Å².